The summed E-state index contributed by atoms with van der Waals surface area (Å²) in [6, 6.07) is 6.62. The van der Waals surface area contributed by atoms with Gasteiger partial charge in [0.15, 0.2) is 0 Å². The van der Waals surface area contributed by atoms with E-state index in [2.05, 4.69) is 4.72 Å². The molecule has 1 aliphatic rings. The van der Waals surface area contributed by atoms with Crippen LogP contribution in [0.25, 0.3) is 0 Å². The molecular weight excluding hydrogens is 312 g/mol. The van der Waals surface area contributed by atoms with Crippen LogP contribution in [0.1, 0.15) is 18.4 Å². The van der Waals surface area contributed by atoms with Gasteiger partial charge in [-0.2, -0.15) is 4.31 Å². The first-order chi connectivity index (χ1) is 9.70. The highest BCUT2D eigenvalue weighted by Gasteiger charge is 2.34. The number of sulfonamides is 2. The fraction of sp³-hybridized carbons (Fsp3) is 0.538. The maximum Gasteiger partial charge on any atom is 0.240 e. The molecule has 1 aromatic carbocycles. The van der Waals surface area contributed by atoms with Crippen LogP contribution in [0.15, 0.2) is 29.2 Å². The lowest BCUT2D eigenvalue weighted by atomic mass is 10.2. The molecule has 2 rings (SSSR count). The summed E-state index contributed by atoms with van der Waals surface area (Å²) in [4.78, 5) is 0.194. The number of nitrogens with one attached hydrogen (secondary N) is 1. The van der Waals surface area contributed by atoms with Crippen molar-refractivity contribution in [3.05, 3.63) is 29.8 Å². The van der Waals surface area contributed by atoms with Gasteiger partial charge in [-0.3, -0.25) is 0 Å². The van der Waals surface area contributed by atoms with Crippen LogP contribution in [0.3, 0.4) is 0 Å². The number of aryl methyl sites for hydroxylation is 1. The molecule has 0 aliphatic heterocycles. The van der Waals surface area contributed by atoms with Crippen molar-refractivity contribution in [2.45, 2.75) is 30.7 Å². The Hall–Kier alpha value is -0.960. The second-order valence-electron chi connectivity index (χ2n) is 5.32. The summed E-state index contributed by atoms with van der Waals surface area (Å²) in [6.07, 6.45) is 2.84. The third-order valence-electron chi connectivity index (χ3n) is 3.30. The summed E-state index contributed by atoms with van der Waals surface area (Å²) in [5, 5.41) is 0. The van der Waals surface area contributed by atoms with Crippen LogP contribution < -0.4 is 4.72 Å². The van der Waals surface area contributed by atoms with Gasteiger partial charge >= 0.3 is 0 Å². The molecule has 0 unspecified atom stereocenters. The van der Waals surface area contributed by atoms with Crippen LogP contribution in [-0.4, -0.2) is 46.5 Å². The van der Waals surface area contributed by atoms with Gasteiger partial charge in [0.1, 0.15) is 0 Å². The van der Waals surface area contributed by atoms with Gasteiger partial charge in [-0.05, 0) is 37.5 Å². The van der Waals surface area contributed by atoms with Crippen LogP contribution >= 0.6 is 0 Å². The Kier molecular flexibility index (Phi) is 4.72. The van der Waals surface area contributed by atoms with Gasteiger partial charge in [0, 0.05) is 19.1 Å². The highest BCUT2D eigenvalue weighted by Crippen LogP contribution is 2.28. The highest BCUT2D eigenvalue weighted by molar-refractivity contribution is 7.89. The molecule has 1 fully saturated rings. The van der Waals surface area contributed by atoms with Crippen LogP contribution in [0.2, 0.25) is 0 Å². The Morgan fingerprint density at radius 2 is 1.90 bits per heavy atom. The van der Waals surface area contributed by atoms with E-state index in [4.69, 9.17) is 0 Å². The molecule has 1 aromatic rings. The van der Waals surface area contributed by atoms with Gasteiger partial charge in [-0.25, -0.2) is 21.6 Å². The molecule has 0 bridgehead atoms. The maximum atomic E-state index is 12.1. The molecule has 1 saturated carbocycles. The Bertz CT molecular complexity index is 709. The number of rotatable bonds is 7. The van der Waals surface area contributed by atoms with Crippen molar-refractivity contribution in [2.24, 2.45) is 0 Å². The zero-order valence-corrected chi connectivity index (χ0v) is 13.7. The molecule has 1 N–H and O–H groups in total. The van der Waals surface area contributed by atoms with E-state index in [0.717, 1.165) is 24.7 Å². The molecule has 8 heteroatoms. The number of hydrogen-bond donors (Lipinski definition) is 1. The molecular formula is C13H20N2O4S2. The normalized spacial score (nSPS) is 16.3. The minimum Gasteiger partial charge on any atom is -0.212 e. The van der Waals surface area contributed by atoms with Gasteiger partial charge in [-0.1, -0.05) is 12.1 Å². The van der Waals surface area contributed by atoms with Crippen molar-refractivity contribution in [1.82, 2.24) is 9.03 Å². The minimum atomic E-state index is -3.60. The highest BCUT2D eigenvalue weighted by atomic mass is 32.2. The van der Waals surface area contributed by atoms with Gasteiger partial charge in [0.05, 0.1) is 11.2 Å². The van der Waals surface area contributed by atoms with Crippen molar-refractivity contribution < 1.29 is 16.8 Å². The van der Waals surface area contributed by atoms with Crippen molar-refractivity contribution in [1.29, 1.82) is 0 Å². The van der Waals surface area contributed by atoms with Crippen molar-refractivity contribution in [3.8, 4) is 0 Å². The third kappa shape index (κ3) is 4.50. The Morgan fingerprint density at radius 1 is 1.24 bits per heavy atom. The Morgan fingerprint density at radius 3 is 2.43 bits per heavy atom. The number of nitrogens with zero attached hydrogens (tertiary/aromatic N) is 1. The lowest BCUT2D eigenvalue weighted by Crippen LogP contribution is -2.39. The van der Waals surface area contributed by atoms with Crippen LogP contribution in [0.4, 0.5) is 0 Å². The molecule has 6 nitrogen and oxygen atoms in total. The second kappa shape index (κ2) is 6.04. The largest absolute Gasteiger partial charge is 0.240 e. The van der Waals surface area contributed by atoms with E-state index in [1.54, 1.807) is 12.1 Å². The summed E-state index contributed by atoms with van der Waals surface area (Å²) in [5.74, 6) is 0. The lowest BCUT2D eigenvalue weighted by Gasteiger charge is -2.19. The zero-order chi connectivity index (χ0) is 15.7. The smallest absolute Gasteiger partial charge is 0.212 e. The molecule has 0 saturated heterocycles. The summed E-state index contributed by atoms with van der Waals surface area (Å²) < 4.78 is 51.3. The quantitative estimate of drug-likeness (QED) is 0.796. The molecule has 0 atom stereocenters. The molecule has 21 heavy (non-hydrogen) atoms. The number of benzene rings is 1. The monoisotopic (exact) mass is 332 g/mol. The average molecular weight is 332 g/mol. The Balaban J connectivity index is 1.99. The van der Waals surface area contributed by atoms with Gasteiger partial charge in [0.25, 0.3) is 0 Å². The van der Waals surface area contributed by atoms with Gasteiger partial charge in [0.2, 0.25) is 20.0 Å². The van der Waals surface area contributed by atoms with Gasteiger partial charge in [-0.15, -0.1) is 0 Å². The average Bonchev–Trinajstić information content (AvgIpc) is 3.17. The molecule has 0 heterocycles. The minimum absolute atomic E-state index is 0.0310. The van der Waals surface area contributed by atoms with E-state index >= 15 is 0 Å². The van der Waals surface area contributed by atoms with E-state index in [-0.39, 0.29) is 24.0 Å². The first-order valence-electron chi connectivity index (χ1n) is 6.73. The molecule has 0 radical (unpaired) electrons. The van der Waals surface area contributed by atoms with E-state index in [1.807, 2.05) is 13.0 Å². The van der Waals surface area contributed by atoms with E-state index in [9.17, 15) is 16.8 Å². The summed E-state index contributed by atoms with van der Waals surface area (Å²) >= 11 is 0. The van der Waals surface area contributed by atoms with E-state index in [1.165, 1.54) is 10.4 Å². The third-order valence-corrected chi connectivity index (χ3v) is 6.10. The molecule has 0 amide bonds. The van der Waals surface area contributed by atoms with Crippen LogP contribution in [0, 0.1) is 6.92 Å². The first-order valence-corrected chi connectivity index (χ1v) is 10.1. The predicted octanol–water partition coefficient (Wildman–Crippen LogP) is 0.697. The fourth-order valence-electron chi connectivity index (χ4n) is 2.14. The van der Waals surface area contributed by atoms with Crippen LogP contribution in [-0.2, 0) is 20.0 Å². The molecule has 0 aromatic heterocycles. The van der Waals surface area contributed by atoms with Crippen LogP contribution in [0.5, 0.6) is 0 Å². The molecule has 1 aliphatic carbocycles. The predicted molar refractivity (Wildman–Crippen MR) is 80.9 cm³/mol. The Labute approximate surface area is 126 Å². The zero-order valence-electron chi connectivity index (χ0n) is 12.1. The second-order valence-corrected chi connectivity index (χ2v) is 9.02. The van der Waals surface area contributed by atoms with Gasteiger partial charge < -0.3 is 0 Å². The first kappa shape index (κ1) is 16.4. The molecule has 0 spiro atoms. The van der Waals surface area contributed by atoms with Crippen molar-refractivity contribution in [2.75, 3.05) is 19.3 Å². The standard InChI is InChI=1S/C13H20N2O4S2/c1-11-4-3-5-13(10-11)21(18,19)14-8-9-15(12-6-7-12)20(2,16)17/h3-5,10,12,14H,6-9H2,1-2H3. The maximum absolute atomic E-state index is 12.1. The lowest BCUT2D eigenvalue weighted by molar-refractivity contribution is 0.410. The fourth-order valence-corrected chi connectivity index (χ4v) is 4.44. The topological polar surface area (TPSA) is 83.6 Å². The number of hydrogen-bond acceptors (Lipinski definition) is 4. The molecule has 118 valence electrons. The van der Waals surface area contributed by atoms with E-state index < -0.39 is 20.0 Å². The SMILES string of the molecule is Cc1cccc(S(=O)(=O)NCCN(C2CC2)S(C)(=O)=O)c1. The van der Waals surface area contributed by atoms with Crippen molar-refractivity contribution >= 4 is 20.0 Å². The summed E-state index contributed by atoms with van der Waals surface area (Å²) in [6.45, 7) is 2.05. The van der Waals surface area contributed by atoms with Crippen molar-refractivity contribution in [3.63, 3.8) is 0 Å². The summed E-state index contributed by atoms with van der Waals surface area (Å²) in [7, 11) is -6.89. The van der Waals surface area contributed by atoms with E-state index in [0.29, 0.717) is 0 Å². The summed E-state index contributed by atoms with van der Waals surface area (Å²) in [5.41, 5.74) is 0.855.